The molecule has 20 heavy (non-hydrogen) atoms. The van der Waals surface area contributed by atoms with Crippen molar-refractivity contribution in [1.29, 1.82) is 0 Å². The van der Waals surface area contributed by atoms with Crippen molar-refractivity contribution in [3.8, 4) is 0 Å². The van der Waals surface area contributed by atoms with Gasteiger partial charge in [-0.2, -0.15) is 18.3 Å². The first-order chi connectivity index (χ1) is 9.20. The molecular formula is C12H19F3N4O. The number of rotatable bonds is 6. The number of halogens is 3. The van der Waals surface area contributed by atoms with Crippen LogP contribution < -0.4 is 10.6 Å². The third kappa shape index (κ3) is 5.20. The van der Waals surface area contributed by atoms with Gasteiger partial charge in [0.05, 0.1) is 12.1 Å². The average molecular weight is 292 g/mol. The van der Waals surface area contributed by atoms with Gasteiger partial charge in [0.2, 0.25) is 5.91 Å². The Morgan fingerprint density at radius 2 is 2.00 bits per heavy atom. The smallest absolute Gasteiger partial charge is 0.346 e. The molecule has 0 aliphatic heterocycles. The predicted molar refractivity (Wildman–Crippen MR) is 68.1 cm³/mol. The van der Waals surface area contributed by atoms with Crippen LogP contribution in [0.5, 0.6) is 0 Å². The van der Waals surface area contributed by atoms with E-state index in [0.29, 0.717) is 0 Å². The van der Waals surface area contributed by atoms with E-state index in [4.69, 9.17) is 0 Å². The summed E-state index contributed by atoms with van der Waals surface area (Å²) >= 11 is 0. The lowest BCUT2D eigenvalue weighted by molar-refractivity contribution is -0.139. The topological polar surface area (TPSA) is 59.0 Å². The highest BCUT2D eigenvalue weighted by Crippen LogP contribution is 2.12. The third-order valence-electron chi connectivity index (χ3n) is 3.03. The Hall–Kier alpha value is -1.57. The maximum absolute atomic E-state index is 12.0. The van der Waals surface area contributed by atoms with Crippen molar-refractivity contribution in [3.63, 3.8) is 0 Å². The maximum Gasteiger partial charge on any atom is 0.405 e. The fourth-order valence-corrected chi connectivity index (χ4v) is 1.70. The van der Waals surface area contributed by atoms with Gasteiger partial charge in [-0.1, -0.05) is 0 Å². The van der Waals surface area contributed by atoms with Crippen molar-refractivity contribution in [3.05, 3.63) is 18.5 Å². The first-order valence-electron chi connectivity index (χ1n) is 6.30. The summed E-state index contributed by atoms with van der Waals surface area (Å²) in [5, 5.41) is 8.90. The number of nitrogens with one attached hydrogen (secondary N) is 2. The molecule has 1 aromatic rings. The molecular weight excluding hydrogens is 273 g/mol. The highest BCUT2D eigenvalue weighted by Gasteiger charge is 2.29. The van der Waals surface area contributed by atoms with E-state index in [2.05, 4.69) is 10.4 Å². The van der Waals surface area contributed by atoms with E-state index in [9.17, 15) is 18.0 Å². The molecule has 0 aromatic carbocycles. The van der Waals surface area contributed by atoms with Crippen LogP contribution in [0, 0.1) is 0 Å². The molecule has 0 aliphatic rings. The summed E-state index contributed by atoms with van der Waals surface area (Å²) in [4.78, 5) is 11.5. The Morgan fingerprint density at radius 3 is 2.50 bits per heavy atom. The first-order valence-corrected chi connectivity index (χ1v) is 6.30. The number of nitrogens with zero attached hydrogens (tertiary/aromatic N) is 2. The van der Waals surface area contributed by atoms with Gasteiger partial charge in [-0.25, -0.2) is 0 Å². The van der Waals surface area contributed by atoms with Gasteiger partial charge in [-0.05, 0) is 26.8 Å². The highest BCUT2D eigenvalue weighted by molar-refractivity contribution is 5.81. The standard InChI is InChI=1S/C12H19F3N4O/c1-8(10(3)19-6-4-5-17-19)18-9(2)11(20)16-7-12(13,14)15/h4-6,8-10,18H,7H2,1-3H3,(H,16,20)/t8-,9+,10+/m1/s1. The van der Waals surface area contributed by atoms with Crippen LogP contribution in [0.3, 0.4) is 0 Å². The van der Waals surface area contributed by atoms with Crippen LogP contribution in [0.25, 0.3) is 0 Å². The van der Waals surface area contributed by atoms with Crippen LogP contribution in [-0.4, -0.2) is 40.5 Å². The van der Waals surface area contributed by atoms with Crippen LogP contribution in [0.4, 0.5) is 13.2 Å². The molecule has 1 aromatic heterocycles. The van der Waals surface area contributed by atoms with Gasteiger partial charge >= 0.3 is 6.18 Å². The molecule has 5 nitrogen and oxygen atoms in total. The van der Waals surface area contributed by atoms with Crippen molar-refractivity contribution >= 4 is 5.91 Å². The van der Waals surface area contributed by atoms with Crippen molar-refractivity contribution in [2.24, 2.45) is 0 Å². The molecule has 1 amide bonds. The quantitative estimate of drug-likeness (QED) is 0.835. The molecule has 0 unspecified atom stereocenters. The Balaban J connectivity index is 2.44. The van der Waals surface area contributed by atoms with Gasteiger partial charge < -0.3 is 10.6 Å². The average Bonchev–Trinajstić information content (AvgIpc) is 2.87. The fraction of sp³-hybridized carbons (Fsp3) is 0.667. The summed E-state index contributed by atoms with van der Waals surface area (Å²) in [7, 11) is 0. The van der Waals surface area contributed by atoms with Gasteiger partial charge in [0, 0.05) is 18.4 Å². The van der Waals surface area contributed by atoms with Crippen LogP contribution in [0.15, 0.2) is 18.5 Å². The Morgan fingerprint density at radius 1 is 1.35 bits per heavy atom. The Kier molecular flexibility index (Phi) is 5.55. The molecule has 8 heteroatoms. The van der Waals surface area contributed by atoms with Crippen LogP contribution in [-0.2, 0) is 4.79 Å². The van der Waals surface area contributed by atoms with E-state index >= 15 is 0 Å². The molecule has 1 rings (SSSR count). The summed E-state index contributed by atoms with van der Waals surface area (Å²) in [6.07, 6.45) is -0.969. The summed E-state index contributed by atoms with van der Waals surface area (Å²) in [5.74, 6) is -0.679. The van der Waals surface area contributed by atoms with Crippen LogP contribution in [0.1, 0.15) is 26.8 Å². The number of carbonyl (C=O) groups excluding carboxylic acids is 1. The van der Waals surface area contributed by atoms with E-state index in [0.717, 1.165) is 0 Å². The zero-order valence-corrected chi connectivity index (χ0v) is 11.6. The SMILES string of the molecule is C[C@H](N[C@H](C)[C@H](C)n1cccn1)C(=O)NCC(F)(F)F. The summed E-state index contributed by atoms with van der Waals surface area (Å²) in [6.45, 7) is 3.96. The lowest BCUT2D eigenvalue weighted by Gasteiger charge is -2.25. The second-order valence-corrected chi connectivity index (χ2v) is 4.74. The minimum Gasteiger partial charge on any atom is -0.346 e. The van der Waals surface area contributed by atoms with Crippen molar-refractivity contribution in [2.45, 2.75) is 45.1 Å². The second-order valence-electron chi connectivity index (χ2n) is 4.74. The Labute approximate surface area is 115 Å². The van der Waals surface area contributed by atoms with Crippen LogP contribution >= 0.6 is 0 Å². The third-order valence-corrected chi connectivity index (χ3v) is 3.03. The number of hydrogen-bond donors (Lipinski definition) is 2. The number of carbonyl (C=O) groups is 1. The molecule has 0 aliphatic carbocycles. The fourth-order valence-electron chi connectivity index (χ4n) is 1.70. The lowest BCUT2D eigenvalue weighted by Crippen LogP contribution is -2.49. The van der Waals surface area contributed by atoms with E-state index < -0.39 is 24.7 Å². The van der Waals surface area contributed by atoms with E-state index in [1.54, 1.807) is 23.1 Å². The largest absolute Gasteiger partial charge is 0.405 e. The van der Waals surface area contributed by atoms with E-state index in [1.165, 1.54) is 6.92 Å². The molecule has 0 bridgehead atoms. The predicted octanol–water partition coefficient (Wildman–Crippen LogP) is 1.49. The zero-order chi connectivity index (χ0) is 15.3. The molecule has 114 valence electrons. The Bertz CT molecular complexity index is 419. The monoisotopic (exact) mass is 292 g/mol. The zero-order valence-electron chi connectivity index (χ0n) is 11.6. The summed E-state index contributed by atoms with van der Waals surface area (Å²) < 4.78 is 37.7. The van der Waals surface area contributed by atoms with Crippen LogP contribution in [0.2, 0.25) is 0 Å². The van der Waals surface area contributed by atoms with Crippen molar-refractivity contribution in [2.75, 3.05) is 6.54 Å². The summed E-state index contributed by atoms with van der Waals surface area (Å²) in [6, 6.07) is 0.914. The minimum absolute atomic E-state index is 0.0251. The van der Waals surface area contributed by atoms with E-state index in [1.807, 2.05) is 19.2 Å². The second kappa shape index (κ2) is 6.74. The molecule has 3 atom stereocenters. The lowest BCUT2D eigenvalue weighted by atomic mass is 10.1. The highest BCUT2D eigenvalue weighted by atomic mass is 19.4. The minimum atomic E-state index is -4.40. The first kappa shape index (κ1) is 16.5. The van der Waals surface area contributed by atoms with Gasteiger partial charge in [-0.15, -0.1) is 0 Å². The van der Waals surface area contributed by atoms with Gasteiger partial charge in [-0.3, -0.25) is 9.48 Å². The number of alkyl halides is 3. The molecule has 0 fully saturated rings. The number of amides is 1. The maximum atomic E-state index is 12.0. The molecule has 0 radical (unpaired) electrons. The molecule has 0 spiro atoms. The normalized spacial score (nSPS) is 16.5. The number of aromatic nitrogens is 2. The van der Waals surface area contributed by atoms with E-state index in [-0.39, 0.29) is 12.1 Å². The van der Waals surface area contributed by atoms with Crippen molar-refractivity contribution in [1.82, 2.24) is 20.4 Å². The summed E-state index contributed by atoms with van der Waals surface area (Å²) in [5.41, 5.74) is 0. The van der Waals surface area contributed by atoms with Crippen molar-refractivity contribution < 1.29 is 18.0 Å². The van der Waals surface area contributed by atoms with Gasteiger partial charge in [0.25, 0.3) is 0 Å². The molecule has 0 saturated heterocycles. The molecule has 0 saturated carbocycles. The number of hydrogen-bond acceptors (Lipinski definition) is 3. The molecule has 2 N–H and O–H groups in total. The molecule has 1 heterocycles. The van der Waals surface area contributed by atoms with Gasteiger partial charge in [0.15, 0.2) is 0 Å². The van der Waals surface area contributed by atoms with Gasteiger partial charge in [0.1, 0.15) is 6.54 Å².